The van der Waals surface area contributed by atoms with Gasteiger partial charge in [-0.05, 0) is 53.9 Å². The Morgan fingerprint density at radius 3 is 2.51 bits per heavy atom. The number of non-ortho nitro benzene ring substituents is 1. The molecule has 2 heterocycles. The third-order valence-corrected chi connectivity index (χ3v) is 8.97. The summed E-state index contributed by atoms with van der Waals surface area (Å²) in [7, 11) is 0. The largest absolute Gasteiger partial charge is 0.507 e. The number of aliphatic hydroxyl groups is 1. The van der Waals surface area contributed by atoms with E-state index in [0.29, 0.717) is 31.3 Å². The average molecular weight is 631 g/mol. The Balaban J connectivity index is 1.55. The Morgan fingerprint density at radius 2 is 1.85 bits per heavy atom. The summed E-state index contributed by atoms with van der Waals surface area (Å²) < 4.78 is 14.8. The van der Waals surface area contributed by atoms with Crippen molar-refractivity contribution in [3.8, 4) is 0 Å². The lowest BCUT2D eigenvalue weighted by atomic mass is 9.95. The molecule has 0 saturated carbocycles. The van der Waals surface area contributed by atoms with Gasteiger partial charge in [-0.1, -0.05) is 64.5 Å². The molecule has 1 aliphatic heterocycles. The third-order valence-electron chi connectivity index (χ3n) is 6.28. The lowest BCUT2D eigenvalue weighted by Crippen LogP contribution is -2.29. The minimum atomic E-state index is -1.21. The zero-order valence-electron chi connectivity index (χ0n) is 20.9. The summed E-state index contributed by atoms with van der Waals surface area (Å²) in [4.78, 5) is 38.4. The summed E-state index contributed by atoms with van der Waals surface area (Å²) in [5.74, 6) is -2.79. The van der Waals surface area contributed by atoms with Crippen LogP contribution in [0.15, 0.2) is 70.6 Å². The van der Waals surface area contributed by atoms with Gasteiger partial charge in [-0.3, -0.25) is 24.6 Å². The van der Waals surface area contributed by atoms with Crippen molar-refractivity contribution >= 4 is 74.6 Å². The molecule has 1 N–H and O–H groups in total. The second kappa shape index (κ2) is 11.6. The highest BCUT2D eigenvalue weighted by Crippen LogP contribution is 2.44. The molecule has 0 radical (unpaired) electrons. The van der Waals surface area contributed by atoms with Gasteiger partial charge in [-0.25, -0.2) is 4.39 Å². The van der Waals surface area contributed by atoms with Gasteiger partial charge in [0.15, 0.2) is 4.34 Å². The second-order valence-electron chi connectivity index (χ2n) is 8.86. The number of hydrogen-bond donors (Lipinski definition) is 1. The van der Waals surface area contributed by atoms with Crippen LogP contribution in [0.1, 0.15) is 28.3 Å². The van der Waals surface area contributed by atoms with Crippen LogP contribution in [0.25, 0.3) is 5.76 Å². The first-order valence-corrected chi connectivity index (χ1v) is 14.3. The lowest BCUT2D eigenvalue weighted by molar-refractivity contribution is -0.384. The predicted octanol–water partition coefficient (Wildman–Crippen LogP) is 7.12. The first-order chi connectivity index (χ1) is 19.5. The van der Waals surface area contributed by atoms with Crippen LogP contribution >= 0.6 is 46.3 Å². The van der Waals surface area contributed by atoms with E-state index in [2.05, 4.69) is 10.2 Å². The number of carbonyl (C=O) groups excluding carboxylic acids is 2. The van der Waals surface area contributed by atoms with Gasteiger partial charge in [0.1, 0.15) is 11.6 Å². The Labute approximate surface area is 250 Å². The molecule has 1 saturated heterocycles. The van der Waals surface area contributed by atoms with Crippen LogP contribution in [-0.2, 0) is 15.3 Å². The van der Waals surface area contributed by atoms with Crippen molar-refractivity contribution in [3.05, 3.63) is 114 Å². The van der Waals surface area contributed by atoms with Crippen LogP contribution in [0.2, 0.25) is 10.0 Å². The van der Waals surface area contributed by atoms with E-state index >= 15 is 0 Å². The van der Waals surface area contributed by atoms with Gasteiger partial charge in [0.25, 0.3) is 11.5 Å². The van der Waals surface area contributed by atoms with E-state index in [1.807, 2.05) is 0 Å². The van der Waals surface area contributed by atoms with Gasteiger partial charge in [-0.15, -0.1) is 10.2 Å². The third kappa shape index (κ3) is 5.68. The van der Waals surface area contributed by atoms with Crippen LogP contribution < -0.4 is 4.90 Å². The number of amides is 1. The lowest BCUT2D eigenvalue weighted by Gasteiger charge is -2.22. The fourth-order valence-electron chi connectivity index (χ4n) is 4.16. The Kier molecular flexibility index (Phi) is 8.09. The maximum Gasteiger partial charge on any atom is 0.301 e. The highest BCUT2D eigenvalue weighted by molar-refractivity contribution is 8.00. The van der Waals surface area contributed by atoms with Crippen LogP contribution in [0.5, 0.6) is 0 Å². The van der Waals surface area contributed by atoms with Crippen LogP contribution in [0.4, 0.5) is 15.2 Å². The molecule has 1 aromatic heterocycles. The summed E-state index contributed by atoms with van der Waals surface area (Å²) in [6.45, 7) is 1.54. The van der Waals surface area contributed by atoms with E-state index in [9.17, 15) is 29.2 Å². The number of hydrogen-bond acceptors (Lipinski definition) is 9. The molecule has 1 unspecified atom stereocenters. The number of benzene rings is 3. The monoisotopic (exact) mass is 630 g/mol. The molecule has 208 valence electrons. The van der Waals surface area contributed by atoms with Gasteiger partial charge in [-0.2, -0.15) is 0 Å². The van der Waals surface area contributed by atoms with Crippen molar-refractivity contribution in [2.24, 2.45) is 0 Å². The zero-order chi connectivity index (χ0) is 29.4. The van der Waals surface area contributed by atoms with Crippen molar-refractivity contribution in [1.82, 2.24) is 10.2 Å². The molecule has 41 heavy (non-hydrogen) atoms. The van der Waals surface area contributed by atoms with Gasteiger partial charge < -0.3 is 5.11 Å². The number of aryl methyl sites for hydroxylation is 1. The maximum absolute atomic E-state index is 14.3. The molecular formula is C27H17Cl2FN4O5S2. The number of nitro groups is 1. The highest BCUT2D eigenvalue weighted by atomic mass is 35.5. The number of aliphatic hydroxyl groups excluding tert-OH is 1. The van der Waals surface area contributed by atoms with Crippen molar-refractivity contribution in [3.63, 3.8) is 0 Å². The fraction of sp³-hybridized carbons (Fsp3) is 0.111. The molecule has 1 atom stereocenters. The van der Waals surface area contributed by atoms with Crippen molar-refractivity contribution in [2.75, 3.05) is 4.90 Å². The number of halogens is 3. The van der Waals surface area contributed by atoms with Gasteiger partial charge >= 0.3 is 5.91 Å². The second-order valence-corrected chi connectivity index (χ2v) is 11.9. The molecule has 9 nitrogen and oxygen atoms in total. The minimum absolute atomic E-state index is 0.00800. The van der Waals surface area contributed by atoms with E-state index in [0.717, 1.165) is 27.9 Å². The Bertz CT molecular complexity index is 1750. The first kappa shape index (κ1) is 28.7. The number of Topliss-reactive ketones (excluding diaryl/α,β-unsaturated/α-hetero) is 1. The van der Waals surface area contributed by atoms with Gasteiger partial charge in [0.05, 0.1) is 16.5 Å². The smallest absolute Gasteiger partial charge is 0.301 e. The quantitative estimate of drug-likeness (QED) is 0.0435. The summed E-state index contributed by atoms with van der Waals surface area (Å²) >= 11 is 14.6. The first-order valence-electron chi connectivity index (χ1n) is 11.8. The van der Waals surface area contributed by atoms with Crippen LogP contribution in [0.3, 0.4) is 0 Å². The van der Waals surface area contributed by atoms with Crippen molar-refractivity contribution < 1.29 is 24.0 Å². The number of anilines is 1. The summed E-state index contributed by atoms with van der Waals surface area (Å²) in [6.07, 6.45) is 0. The molecule has 0 spiro atoms. The Morgan fingerprint density at radius 1 is 1.12 bits per heavy atom. The maximum atomic E-state index is 14.3. The average Bonchev–Trinajstić information content (AvgIpc) is 3.51. The fourth-order valence-corrected chi connectivity index (χ4v) is 6.58. The van der Waals surface area contributed by atoms with E-state index in [1.54, 1.807) is 25.1 Å². The topological polar surface area (TPSA) is 127 Å². The predicted molar refractivity (Wildman–Crippen MR) is 155 cm³/mol. The number of rotatable bonds is 7. The molecule has 1 fully saturated rings. The SMILES string of the molecule is Cc1ccc(/C(O)=C2/C(=O)C(=O)N(c3nnc(SCc4ccc(Cl)cc4Cl)s3)C2c2ccc([N+](=O)[O-])cc2)cc1F. The number of nitro benzene ring substituents is 1. The molecule has 0 bridgehead atoms. The molecule has 3 aromatic carbocycles. The molecular weight excluding hydrogens is 614 g/mol. The van der Waals surface area contributed by atoms with E-state index in [1.165, 1.54) is 48.2 Å². The molecule has 1 amide bonds. The highest BCUT2D eigenvalue weighted by Gasteiger charge is 2.48. The number of ketones is 1. The number of thioether (sulfide) groups is 1. The van der Waals surface area contributed by atoms with Crippen molar-refractivity contribution in [1.29, 1.82) is 0 Å². The number of carbonyl (C=O) groups is 2. The van der Waals surface area contributed by atoms with Gasteiger partial charge in [0.2, 0.25) is 5.13 Å². The summed E-state index contributed by atoms with van der Waals surface area (Å²) in [5, 5.41) is 31.7. The molecule has 14 heteroatoms. The Hall–Kier alpha value is -3.84. The zero-order valence-corrected chi connectivity index (χ0v) is 24.0. The molecule has 5 rings (SSSR count). The number of nitrogens with zero attached hydrogens (tertiary/aromatic N) is 4. The molecule has 4 aromatic rings. The normalized spacial score (nSPS) is 16.4. The van der Waals surface area contributed by atoms with Gasteiger partial charge in [0, 0.05) is 33.5 Å². The van der Waals surface area contributed by atoms with Crippen LogP contribution in [0, 0.1) is 22.9 Å². The van der Waals surface area contributed by atoms with E-state index in [4.69, 9.17) is 23.2 Å². The summed E-state index contributed by atoms with van der Waals surface area (Å²) in [6, 6.07) is 13.0. The van der Waals surface area contributed by atoms with E-state index in [-0.39, 0.29) is 22.0 Å². The summed E-state index contributed by atoms with van der Waals surface area (Å²) in [5.41, 5.74) is 0.890. The standard InChI is InChI=1S/C27H17Cl2FN4O5S2/c1-13-2-3-15(10-20(13)30)23(35)21-22(14-5-8-18(9-6-14)34(38)39)33(25(37)24(21)36)26-31-32-27(41-26)40-12-16-4-7-17(28)11-19(16)29/h2-11,22,35H,12H2,1H3/b23-21-. The van der Waals surface area contributed by atoms with Crippen molar-refractivity contribution in [2.45, 2.75) is 23.1 Å². The number of aromatic nitrogens is 2. The molecule has 0 aliphatic carbocycles. The molecule has 1 aliphatic rings. The van der Waals surface area contributed by atoms with E-state index < -0.39 is 34.2 Å². The van der Waals surface area contributed by atoms with Crippen LogP contribution in [-0.4, -0.2) is 31.9 Å². The minimum Gasteiger partial charge on any atom is -0.507 e.